The number of rotatable bonds is 5. The lowest BCUT2D eigenvalue weighted by molar-refractivity contribution is 0.488. The number of nitriles is 1. The minimum atomic E-state index is -0.208. The first-order chi connectivity index (χ1) is 12.2. The van der Waals surface area contributed by atoms with Gasteiger partial charge in [-0.15, -0.1) is 0 Å². The number of halogens is 1. The monoisotopic (exact) mass is 434 g/mol. The second-order valence-corrected chi connectivity index (χ2v) is 8.63. The topological polar surface area (TPSA) is 61.5 Å². The van der Waals surface area contributed by atoms with Crippen LogP contribution in [-0.2, 0) is 5.41 Å². The van der Waals surface area contributed by atoms with Gasteiger partial charge in [-0.1, -0.05) is 20.8 Å². The summed E-state index contributed by atoms with van der Waals surface area (Å²) in [5.74, 6) is 0.644. The van der Waals surface area contributed by atoms with Crippen molar-refractivity contribution in [3.8, 4) is 16.9 Å². The first-order valence-electron chi connectivity index (χ1n) is 8.30. The quantitative estimate of drug-likeness (QED) is 0.441. The van der Waals surface area contributed by atoms with Crippen LogP contribution in [0.2, 0.25) is 0 Å². The minimum absolute atomic E-state index is 0.208. The average Bonchev–Trinajstić information content (AvgIpc) is 2.99. The van der Waals surface area contributed by atoms with Gasteiger partial charge < -0.3 is 9.64 Å². The Bertz CT molecular complexity index is 862. The van der Waals surface area contributed by atoms with Crippen LogP contribution in [0.5, 0.6) is 10.8 Å². The molecule has 0 fully saturated rings. The van der Waals surface area contributed by atoms with E-state index in [1.165, 1.54) is 11.5 Å². The molecule has 0 aliphatic rings. The van der Waals surface area contributed by atoms with E-state index in [0.29, 0.717) is 16.4 Å². The van der Waals surface area contributed by atoms with Crippen molar-refractivity contribution in [2.24, 2.45) is 4.99 Å². The summed E-state index contributed by atoms with van der Waals surface area (Å²) in [6, 6.07) is 6.07. The van der Waals surface area contributed by atoms with E-state index in [-0.39, 0.29) is 5.41 Å². The molecular weight excluding hydrogens is 412 g/mol. The van der Waals surface area contributed by atoms with Gasteiger partial charge in [-0.25, -0.2) is 4.99 Å². The predicted molar refractivity (Wildman–Crippen MR) is 111 cm³/mol. The van der Waals surface area contributed by atoms with Crippen molar-refractivity contribution in [2.45, 2.75) is 40.0 Å². The van der Waals surface area contributed by atoms with E-state index in [4.69, 9.17) is 4.74 Å². The van der Waals surface area contributed by atoms with E-state index in [1.807, 2.05) is 58.1 Å². The van der Waals surface area contributed by atoms with Crippen molar-refractivity contribution in [1.82, 2.24) is 9.27 Å². The van der Waals surface area contributed by atoms with Crippen LogP contribution in [0.15, 0.2) is 21.6 Å². The summed E-state index contributed by atoms with van der Waals surface area (Å²) >= 11 is 4.75. The smallest absolute Gasteiger partial charge is 0.218 e. The maximum Gasteiger partial charge on any atom is 0.218 e. The normalized spacial score (nSPS) is 11.6. The summed E-state index contributed by atoms with van der Waals surface area (Å²) < 4.78 is 11.2. The molecule has 1 aromatic heterocycles. The fraction of sp³-hybridized carbons (Fsp3) is 0.421. The van der Waals surface area contributed by atoms with Crippen molar-refractivity contribution < 1.29 is 4.74 Å². The van der Waals surface area contributed by atoms with Gasteiger partial charge in [0.2, 0.25) is 5.06 Å². The molecule has 138 valence electrons. The second kappa shape index (κ2) is 8.19. The van der Waals surface area contributed by atoms with E-state index in [2.05, 4.69) is 38.3 Å². The molecular formula is C19H23BrN4OS. The third kappa shape index (κ3) is 4.63. The van der Waals surface area contributed by atoms with Crippen molar-refractivity contribution >= 4 is 39.5 Å². The molecule has 5 nitrogen and oxygen atoms in total. The Morgan fingerprint density at radius 2 is 2.12 bits per heavy atom. The number of benzene rings is 1. The van der Waals surface area contributed by atoms with Crippen LogP contribution in [0.4, 0.5) is 5.69 Å². The molecule has 0 amide bonds. The molecule has 0 aliphatic carbocycles. The van der Waals surface area contributed by atoms with E-state index < -0.39 is 0 Å². The zero-order chi connectivity index (χ0) is 19.5. The highest BCUT2D eigenvalue weighted by Gasteiger charge is 2.26. The summed E-state index contributed by atoms with van der Waals surface area (Å²) in [4.78, 5) is 6.51. The standard InChI is InChI=1S/C19H23BrN4OS/c1-7-24(6)11-22-15-9-14(20)16(8-12(15)2)25-18-13(10-21)17(23-26-18)19(3,4)5/h8-9,11H,7H2,1-6H3. The van der Waals surface area contributed by atoms with Crippen molar-refractivity contribution in [3.05, 3.63) is 33.4 Å². The molecule has 2 aromatic rings. The molecule has 26 heavy (non-hydrogen) atoms. The molecule has 7 heteroatoms. The molecule has 0 N–H and O–H groups in total. The number of hydrogen-bond donors (Lipinski definition) is 0. The van der Waals surface area contributed by atoms with Gasteiger partial charge in [0.1, 0.15) is 17.4 Å². The van der Waals surface area contributed by atoms with Crippen LogP contribution in [0.1, 0.15) is 44.5 Å². The molecule has 0 aliphatic heterocycles. The van der Waals surface area contributed by atoms with Gasteiger partial charge >= 0.3 is 0 Å². The van der Waals surface area contributed by atoms with Gasteiger partial charge in [0.15, 0.2) is 0 Å². The van der Waals surface area contributed by atoms with Crippen LogP contribution < -0.4 is 4.74 Å². The van der Waals surface area contributed by atoms with E-state index in [0.717, 1.165) is 28.0 Å². The molecule has 2 rings (SSSR count). The van der Waals surface area contributed by atoms with Crippen molar-refractivity contribution in [1.29, 1.82) is 5.26 Å². The number of ether oxygens (including phenoxy) is 1. The largest absolute Gasteiger partial charge is 0.443 e. The van der Waals surface area contributed by atoms with Gasteiger partial charge in [0.05, 0.1) is 22.2 Å². The Kier molecular flexibility index (Phi) is 6.43. The average molecular weight is 435 g/mol. The third-order valence-corrected chi connectivity index (χ3v) is 5.18. The maximum absolute atomic E-state index is 9.54. The summed E-state index contributed by atoms with van der Waals surface area (Å²) in [5.41, 5.74) is 2.91. The zero-order valence-corrected chi connectivity index (χ0v) is 18.3. The van der Waals surface area contributed by atoms with Crippen LogP contribution in [-0.4, -0.2) is 29.2 Å². The van der Waals surface area contributed by atoms with Crippen LogP contribution in [0.25, 0.3) is 0 Å². The van der Waals surface area contributed by atoms with E-state index in [1.54, 1.807) is 0 Å². The molecule has 1 heterocycles. The van der Waals surface area contributed by atoms with Crippen LogP contribution in [0, 0.1) is 18.3 Å². The first kappa shape index (κ1) is 20.4. The number of hydrogen-bond acceptors (Lipinski definition) is 5. The summed E-state index contributed by atoms with van der Waals surface area (Å²) in [5, 5.41) is 10.1. The number of nitrogens with zero attached hydrogens (tertiary/aromatic N) is 4. The number of aromatic nitrogens is 1. The van der Waals surface area contributed by atoms with Gasteiger partial charge in [0, 0.05) is 30.5 Å². The Morgan fingerprint density at radius 3 is 2.69 bits per heavy atom. The lowest BCUT2D eigenvalue weighted by atomic mass is 9.90. The number of aliphatic imine (C=N–C) groups is 1. The Hall–Kier alpha value is -1.91. The fourth-order valence-electron chi connectivity index (χ4n) is 2.16. The molecule has 0 saturated heterocycles. The lowest BCUT2D eigenvalue weighted by Crippen LogP contribution is -2.14. The molecule has 0 radical (unpaired) electrons. The third-order valence-electron chi connectivity index (χ3n) is 3.83. The Morgan fingerprint density at radius 1 is 1.42 bits per heavy atom. The molecule has 0 bridgehead atoms. The minimum Gasteiger partial charge on any atom is -0.443 e. The zero-order valence-electron chi connectivity index (χ0n) is 15.9. The summed E-state index contributed by atoms with van der Waals surface area (Å²) in [7, 11) is 1.98. The van der Waals surface area contributed by atoms with Gasteiger partial charge in [-0.2, -0.15) is 9.64 Å². The van der Waals surface area contributed by atoms with Gasteiger partial charge in [0.25, 0.3) is 0 Å². The van der Waals surface area contributed by atoms with Crippen molar-refractivity contribution in [3.63, 3.8) is 0 Å². The van der Waals surface area contributed by atoms with Crippen LogP contribution in [0.3, 0.4) is 0 Å². The highest BCUT2D eigenvalue weighted by molar-refractivity contribution is 9.10. The highest BCUT2D eigenvalue weighted by Crippen LogP contribution is 2.40. The summed E-state index contributed by atoms with van der Waals surface area (Å²) in [6.45, 7) is 11.0. The Balaban J connectivity index is 2.35. The predicted octanol–water partition coefficient (Wildman–Crippen LogP) is 5.79. The van der Waals surface area contributed by atoms with Crippen LogP contribution >= 0.6 is 27.5 Å². The Labute approximate surface area is 167 Å². The lowest BCUT2D eigenvalue weighted by Gasteiger charge is -2.15. The molecule has 0 saturated carbocycles. The van der Waals surface area contributed by atoms with Gasteiger partial charge in [-0.3, -0.25) is 0 Å². The maximum atomic E-state index is 9.54. The first-order valence-corrected chi connectivity index (χ1v) is 9.86. The van der Waals surface area contributed by atoms with Crippen molar-refractivity contribution in [2.75, 3.05) is 13.6 Å². The highest BCUT2D eigenvalue weighted by atomic mass is 79.9. The molecule has 0 spiro atoms. The fourth-order valence-corrected chi connectivity index (χ4v) is 3.47. The molecule has 0 atom stereocenters. The summed E-state index contributed by atoms with van der Waals surface area (Å²) in [6.07, 6.45) is 1.81. The van der Waals surface area contributed by atoms with Gasteiger partial charge in [-0.05, 0) is 47.5 Å². The molecule has 0 unspecified atom stereocenters. The SMILES string of the molecule is CCN(C)C=Nc1cc(Br)c(Oc2snc(C(C)(C)C)c2C#N)cc1C. The number of aryl methyl sites for hydroxylation is 1. The van der Waals surface area contributed by atoms with E-state index in [9.17, 15) is 5.26 Å². The van der Waals surface area contributed by atoms with E-state index >= 15 is 0 Å². The molecule has 1 aromatic carbocycles. The second-order valence-electron chi connectivity index (χ2n) is 7.04.